The summed E-state index contributed by atoms with van der Waals surface area (Å²) in [7, 11) is 0. The molecule has 0 bridgehead atoms. The molecule has 1 aromatic heterocycles. The fourth-order valence-electron chi connectivity index (χ4n) is 3.14. The normalized spacial score (nSPS) is 11.7. The summed E-state index contributed by atoms with van der Waals surface area (Å²) in [6.45, 7) is 1.75. The van der Waals surface area contributed by atoms with Crippen LogP contribution in [0.5, 0.6) is 5.75 Å². The fraction of sp³-hybridized carbons (Fsp3) is 0.217. The highest BCUT2D eigenvalue weighted by Gasteiger charge is 2.16. The lowest BCUT2D eigenvalue weighted by molar-refractivity contribution is -0.138. The summed E-state index contributed by atoms with van der Waals surface area (Å²) in [5.41, 5.74) is 6.11. The highest BCUT2D eigenvalue weighted by Crippen LogP contribution is 2.23. The number of esters is 1. The fourth-order valence-corrected chi connectivity index (χ4v) is 3.14. The van der Waals surface area contributed by atoms with Crippen LogP contribution in [0, 0.1) is 11.3 Å². The molecule has 1 amide bonds. The van der Waals surface area contributed by atoms with Crippen molar-refractivity contribution in [1.82, 2.24) is 5.32 Å². The van der Waals surface area contributed by atoms with Crippen molar-refractivity contribution in [3.05, 3.63) is 65.6 Å². The molecule has 0 fully saturated rings. The van der Waals surface area contributed by atoms with E-state index in [1.165, 1.54) is 6.07 Å². The Labute approximate surface area is 183 Å². The van der Waals surface area contributed by atoms with Crippen LogP contribution in [0.2, 0.25) is 0 Å². The van der Waals surface area contributed by atoms with Crippen molar-refractivity contribution in [2.24, 2.45) is 11.7 Å². The van der Waals surface area contributed by atoms with Gasteiger partial charge in [-0.05, 0) is 47.0 Å². The molecule has 5 N–H and O–H groups in total. The van der Waals surface area contributed by atoms with Gasteiger partial charge in [0.05, 0.1) is 6.54 Å². The first-order valence-corrected chi connectivity index (χ1v) is 9.89. The van der Waals surface area contributed by atoms with Crippen LogP contribution < -0.4 is 15.8 Å². The Balaban J connectivity index is 1.57. The number of furan rings is 1. The molecule has 3 aromatic rings. The summed E-state index contributed by atoms with van der Waals surface area (Å²) in [6.07, 6.45) is -0.00535. The highest BCUT2D eigenvalue weighted by atomic mass is 16.5. The Hall–Kier alpha value is -4.14. The first-order chi connectivity index (χ1) is 15.2. The molecule has 2 aromatic carbocycles. The van der Waals surface area contributed by atoms with E-state index in [-0.39, 0.29) is 42.8 Å². The molecule has 0 saturated heterocycles. The van der Waals surface area contributed by atoms with Crippen LogP contribution >= 0.6 is 0 Å². The van der Waals surface area contributed by atoms with Crippen LogP contribution in [0.1, 0.15) is 41.6 Å². The predicted molar refractivity (Wildman–Crippen MR) is 117 cm³/mol. The number of rotatable bonds is 9. The Kier molecular flexibility index (Phi) is 6.89. The Morgan fingerprint density at radius 2 is 1.81 bits per heavy atom. The molecule has 9 heteroatoms. The van der Waals surface area contributed by atoms with Crippen molar-refractivity contribution in [3.8, 4) is 5.75 Å². The van der Waals surface area contributed by atoms with Gasteiger partial charge in [-0.3, -0.25) is 15.0 Å². The summed E-state index contributed by atoms with van der Waals surface area (Å²) < 4.78 is 10.8. The van der Waals surface area contributed by atoms with Gasteiger partial charge in [0.2, 0.25) is 11.7 Å². The van der Waals surface area contributed by atoms with E-state index in [1.807, 2.05) is 0 Å². The summed E-state index contributed by atoms with van der Waals surface area (Å²) >= 11 is 0. The van der Waals surface area contributed by atoms with Gasteiger partial charge in [-0.15, -0.1) is 0 Å². The molecule has 166 valence electrons. The summed E-state index contributed by atoms with van der Waals surface area (Å²) in [6, 6.07) is 13.4. The SMILES string of the molecule is CC(CC(=O)O)CC(=O)NCc1ccc(C(=O)Oc2ccc3cc(C(=N)N)ccc3c2)o1. The van der Waals surface area contributed by atoms with Gasteiger partial charge in [0.1, 0.15) is 17.3 Å². The lowest BCUT2D eigenvalue weighted by Crippen LogP contribution is -2.25. The number of carbonyl (C=O) groups excluding carboxylic acids is 2. The number of nitrogen functional groups attached to an aromatic ring is 1. The maximum absolute atomic E-state index is 12.4. The van der Waals surface area contributed by atoms with Gasteiger partial charge in [0, 0.05) is 18.4 Å². The Bertz CT molecular complexity index is 1180. The van der Waals surface area contributed by atoms with E-state index >= 15 is 0 Å². The number of ether oxygens (including phenoxy) is 1. The molecular formula is C23H23N3O6. The number of hydrogen-bond donors (Lipinski definition) is 4. The van der Waals surface area contributed by atoms with Crippen molar-refractivity contribution in [1.29, 1.82) is 5.41 Å². The van der Waals surface area contributed by atoms with Gasteiger partial charge in [0.25, 0.3) is 0 Å². The third-order valence-corrected chi connectivity index (χ3v) is 4.71. The monoisotopic (exact) mass is 437 g/mol. The maximum Gasteiger partial charge on any atom is 0.379 e. The first kappa shape index (κ1) is 22.5. The largest absolute Gasteiger partial charge is 0.481 e. The maximum atomic E-state index is 12.4. The number of amidine groups is 1. The number of fused-ring (bicyclic) bond motifs is 1. The minimum Gasteiger partial charge on any atom is -0.481 e. The number of aliphatic carboxylic acids is 1. The number of benzene rings is 2. The van der Waals surface area contributed by atoms with Crippen molar-refractivity contribution in [2.45, 2.75) is 26.3 Å². The van der Waals surface area contributed by atoms with Gasteiger partial charge in [-0.1, -0.05) is 25.1 Å². The summed E-state index contributed by atoms with van der Waals surface area (Å²) in [5, 5.41) is 20.6. The number of carbonyl (C=O) groups is 3. The molecule has 0 aliphatic carbocycles. The predicted octanol–water partition coefficient (Wildman–Crippen LogP) is 3.05. The number of nitrogens with two attached hydrogens (primary N) is 1. The van der Waals surface area contributed by atoms with Gasteiger partial charge >= 0.3 is 11.9 Å². The van der Waals surface area contributed by atoms with Crippen molar-refractivity contribution >= 4 is 34.5 Å². The van der Waals surface area contributed by atoms with E-state index in [0.29, 0.717) is 17.1 Å². The number of hydrogen-bond acceptors (Lipinski definition) is 6. The molecule has 0 aliphatic rings. The molecule has 1 unspecified atom stereocenters. The average Bonchev–Trinajstić information content (AvgIpc) is 3.20. The van der Waals surface area contributed by atoms with E-state index in [0.717, 1.165) is 10.8 Å². The average molecular weight is 437 g/mol. The Morgan fingerprint density at radius 1 is 1.09 bits per heavy atom. The van der Waals surface area contributed by atoms with Gasteiger partial charge in [0.15, 0.2) is 0 Å². The second-order valence-corrected chi connectivity index (χ2v) is 7.48. The third kappa shape index (κ3) is 5.94. The van der Waals surface area contributed by atoms with Crippen LogP contribution in [0.3, 0.4) is 0 Å². The molecule has 0 saturated carbocycles. The van der Waals surface area contributed by atoms with Gasteiger partial charge < -0.3 is 25.3 Å². The molecule has 3 rings (SSSR count). The third-order valence-electron chi connectivity index (χ3n) is 4.71. The van der Waals surface area contributed by atoms with Crippen LogP contribution in [-0.2, 0) is 16.1 Å². The van der Waals surface area contributed by atoms with Gasteiger partial charge in [-0.2, -0.15) is 0 Å². The zero-order valence-corrected chi connectivity index (χ0v) is 17.4. The van der Waals surface area contributed by atoms with Crippen molar-refractivity contribution in [2.75, 3.05) is 0 Å². The highest BCUT2D eigenvalue weighted by molar-refractivity contribution is 5.99. The minimum absolute atomic E-state index is 0.0134. The smallest absolute Gasteiger partial charge is 0.379 e. The quantitative estimate of drug-likeness (QED) is 0.173. The molecular weight excluding hydrogens is 414 g/mol. The summed E-state index contributed by atoms with van der Waals surface area (Å²) in [4.78, 5) is 35.0. The molecule has 0 spiro atoms. The number of carboxylic acid groups (broad SMARTS) is 1. The minimum atomic E-state index is -0.952. The van der Waals surface area contributed by atoms with Crippen LogP contribution in [0.25, 0.3) is 10.8 Å². The van der Waals surface area contributed by atoms with Crippen LogP contribution in [0.4, 0.5) is 0 Å². The zero-order valence-electron chi connectivity index (χ0n) is 17.4. The van der Waals surface area contributed by atoms with Gasteiger partial charge in [-0.25, -0.2) is 4.79 Å². The van der Waals surface area contributed by atoms with E-state index in [1.54, 1.807) is 49.4 Å². The Morgan fingerprint density at radius 3 is 2.53 bits per heavy atom. The molecule has 32 heavy (non-hydrogen) atoms. The first-order valence-electron chi connectivity index (χ1n) is 9.89. The van der Waals surface area contributed by atoms with E-state index in [9.17, 15) is 14.4 Å². The van der Waals surface area contributed by atoms with E-state index < -0.39 is 11.9 Å². The topological polar surface area (TPSA) is 156 Å². The van der Waals surface area contributed by atoms with Crippen molar-refractivity contribution in [3.63, 3.8) is 0 Å². The lowest BCUT2D eigenvalue weighted by Gasteiger charge is -2.08. The number of nitrogens with one attached hydrogen (secondary N) is 2. The molecule has 1 atom stereocenters. The van der Waals surface area contributed by atoms with E-state index in [4.69, 9.17) is 25.4 Å². The summed E-state index contributed by atoms with van der Waals surface area (Å²) in [5.74, 6) is -1.57. The van der Waals surface area contributed by atoms with Crippen molar-refractivity contribution < 1.29 is 28.6 Å². The second-order valence-electron chi connectivity index (χ2n) is 7.48. The molecule has 0 radical (unpaired) electrons. The zero-order chi connectivity index (χ0) is 23.3. The number of amides is 1. The molecule has 0 aliphatic heterocycles. The van der Waals surface area contributed by atoms with Crippen LogP contribution in [0.15, 0.2) is 52.9 Å². The lowest BCUT2D eigenvalue weighted by atomic mass is 10.0. The molecule has 9 nitrogen and oxygen atoms in total. The second kappa shape index (κ2) is 9.78. The van der Waals surface area contributed by atoms with Crippen LogP contribution in [-0.4, -0.2) is 28.8 Å². The number of carboxylic acids is 1. The van der Waals surface area contributed by atoms with E-state index in [2.05, 4.69) is 5.32 Å². The standard InChI is InChI=1S/C23H23N3O6/c1-13(9-21(28)29)8-20(27)26-12-18-6-7-19(31-18)23(30)32-17-5-4-14-10-16(22(24)25)3-2-15(14)11-17/h2-7,10-11,13H,8-9,12H2,1H3,(H3,24,25)(H,26,27)(H,28,29). The molecule has 1 heterocycles.